The number of carbonyl (C=O) groups excluding carboxylic acids is 2. The first-order valence-corrected chi connectivity index (χ1v) is 10.5. The van der Waals surface area contributed by atoms with Gasteiger partial charge < -0.3 is 10.2 Å². The molecule has 3 rings (SSSR count). The number of thioether (sulfide) groups is 1. The molecule has 142 valence electrons. The Balaban J connectivity index is 1.62. The number of hydrogen-bond acceptors (Lipinski definition) is 3. The maximum atomic E-state index is 13.0. The van der Waals surface area contributed by atoms with Gasteiger partial charge in [0.25, 0.3) is 5.91 Å². The Morgan fingerprint density at radius 3 is 2.33 bits per heavy atom. The van der Waals surface area contributed by atoms with Crippen molar-refractivity contribution in [2.24, 2.45) is 0 Å². The van der Waals surface area contributed by atoms with Crippen molar-refractivity contribution in [2.75, 3.05) is 24.2 Å². The van der Waals surface area contributed by atoms with Crippen LogP contribution in [0.1, 0.15) is 41.6 Å². The third-order valence-electron chi connectivity index (χ3n) is 4.70. The van der Waals surface area contributed by atoms with Crippen molar-refractivity contribution in [1.29, 1.82) is 0 Å². The van der Waals surface area contributed by atoms with Crippen LogP contribution in [0.5, 0.6) is 0 Å². The normalized spacial score (nSPS) is 14.5. The third-order valence-corrected chi connectivity index (χ3v) is 5.78. The zero-order valence-electron chi connectivity index (χ0n) is 15.7. The molecule has 0 aliphatic carbocycles. The lowest BCUT2D eigenvalue weighted by molar-refractivity contribution is -0.113. The Bertz CT molecular complexity index is 781. The standard InChI is InChI=1S/C22H26N2O2S/c1-17-10-12-18(13-11-17)23-21(25)16-27-20-9-5-4-8-19(20)22(26)24-14-6-2-3-7-15-24/h4-5,8-13H,2-3,6-7,14-16H2,1H3,(H,23,25). The molecule has 1 fully saturated rings. The first kappa shape index (κ1) is 19.5. The number of hydrogen-bond donors (Lipinski definition) is 1. The van der Waals surface area contributed by atoms with E-state index >= 15 is 0 Å². The van der Waals surface area contributed by atoms with Gasteiger partial charge in [-0.25, -0.2) is 0 Å². The van der Waals surface area contributed by atoms with E-state index in [9.17, 15) is 9.59 Å². The molecule has 0 spiro atoms. The molecule has 2 aromatic carbocycles. The topological polar surface area (TPSA) is 49.4 Å². The third kappa shape index (κ3) is 5.60. The van der Waals surface area contributed by atoms with Gasteiger partial charge in [0, 0.05) is 23.7 Å². The lowest BCUT2D eigenvalue weighted by Gasteiger charge is -2.21. The van der Waals surface area contributed by atoms with Crippen molar-refractivity contribution in [3.05, 3.63) is 59.7 Å². The maximum Gasteiger partial charge on any atom is 0.254 e. The van der Waals surface area contributed by atoms with Crippen LogP contribution in [-0.4, -0.2) is 35.6 Å². The van der Waals surface area contributed by atoms with E-state index in [-0.39, 0.29) is 17.6 Å². The number of rotatable bonds is 5. The van der Waals surface area contributed by atoms with Gasteiger partial charge in [0.2, 0.25) is 5.91 Å². The van der Waals surface area contributed by atoms with E-state index in [1.54, 1.807) is 0 Å². The number of aryl methyl sites for hydroxylation is 1. The van der Waals surface area contributed by atoms with Crippen molar-refractivity contribution in [1.82, 2.24) is 4.90 Å². The highest BCUT2D eigenvalue weighted by atomic mass is 32.2. The lowest BCUT2D eigenvalue weighted by atomic mass is 10.2. The van der Waals surface area contributed by atoms with Crippen LogP contribution in [0.25, 0.3) is 0 Å². The van der Waals surface area contributed by atoms with Crippen LogP contribution in [0.2, 0.25) is 0 Å². The van der Waals surface area contributed by atoms with Gasteiger partial charge in [0.05, 0.1) is 11.3 Å². The van der Waals surface area contributed by atoms with Gasteiger partial charge >= 0.3 is 0 Å². The highest BCUT2D eigenvalue weighted by molar-refractivity contribution is 8.00. The van der Waals surface area contributed by atoms with Gasteiger partial charge in [-0.05, 0) is 44.0 Å². The van der Waals surface area contributed by atoms with Gasteiger partial charge in [0.15, 0.2) is 0 Å². The fourth-order valence-electron chi connectivity index (χ4n) is 3.19. The van der Waals surface area contributed by atoms with E-state index in [2.05, 4.69) is 5.32 Å². The molecule has 2 aromatic rings. The average Bonchev–Trinajstić information content (AvgIpc) is 2.97. The van der Waals surface area contributed by atoms with Crippen molar-refractivity contribution < 1.29 is 9.59 Å². The highest BCUT2D eigenvalue weighted by Crippen LogP contribution is 2.25. The summed E-state index contributed by atoms with van der Waals surface area (Å²) in [6.07, 6.45) is 4.53. The van der Waals surface area contributed by atoms with Crippen LogP contribution in [-0.2, 0) is 4.79 Å². The lowest BCUT2D eigenvalue weighted by Crippen LogP contribution is -2.32. The van der Waals surface area contributed by atoms with E-state index in [0.717, 1.165) is 42.1 Å². The summed E-state index contributed by atoms with van der Waals surface area (Å²) in [4.78, 5) is 28.0. The van der Waals surface area contributed by atoms with Crippen LogP contribution in [0.15, 0.2) is 53.4 Å². The Labute approximate surface area is 165 Å². The maximum absolute atomic E-state index is 13.0. The van der Waals surface area contributed by atoms with Gasteiger partial charge in [-0.15, -0.1) is 11.8 Å². The molecular weight excluding hydrogens is 356 g/mol. The SMILES string of the molecule is Cc1ccc(NC(=O)CSc2ccccc2C(=O)N2CCCCCC2)cc1. The van der Waals surface area contributed by atoms with Crippen LogP contribution in [0.4, 0.5) is 5.69 Å². The van der Waals surface area contributed by atoms with Crippen molar-refractivity contribution >= 4 is 29.3 Å². The van der Waals surface area contributed by atoms with E-state index < -0.39 is 0 Å². The Hall–Kier alpha value is -2.27. The second-order valence-corrected chi connectivity index (χ2v) is 7.92. The summed E-state index contributed by atoms with van der Waals surface area (Å²) >= 11 is 1.42. The minimum absolute atomic E-state index is 0.0686. The molecule has 4 nitrogen and oxygen atoms in total. The monoisotopic (exact) mass is 382 g/mol. The zero-order valence-corrected chi connectivity index (χ0v) is 16.6. The van der Waals surface area contributed by atoms with E-state index in [4.69, 9.17) is 0 Å². The smallest absolute Gasteiger partial charge is 0.254 e. The second kappa shape index (κ2) is 9.60. The van der Waals surface area contributed by atoms with E-state index in [1.807, 2.05) is 60.4 Å². The van der Waals surface area contributed by atoms with Gasteiger partial charge in [-0.2, -0.15) is 0 Å². The predicted molar refractivity (Wildman–Crippen MR) is 111 cm³/mol. The molecule has 1 N–H and O–H groups in total. The largest absolute Gasteiger partial charge is 0.339 e. The number of carbonyl (C=O) groups is 2. The summed E-state index contributed by atoms with van der Waals surface area (Å²) < 4.78 is 0. The molecule has 0 atom stereocenters. The molecule has 1 aliphatic rings. The van der Waals surface area contributed by atoms with E-state index in [1.165, 1.54) is 24.6 Å². The van der Waals surface area contributed by atoms with Gasteiger partial charge in [-0.1, -0.05) is 42.7 Å². The summed E-state index contributed by atoms with van der Waals surface area (Å²) in [6.45, 7) is 3.66. The Morgan fingerprint density at radius 1 is 0.963 bits per heavy atom. The molecule has 5 heteroatoms. The Kier molecular flexibility index (Phi) is 6.93. The molecule has 0 bridgehead atoms. The summed E-state index contributed by atoms with van der Waals surface area (Å²) in [5.41, 5.74) is 2.65. The fourth-order valence-corrected chi connectivity index (χ4v) is 4.03. The molecule has 1 heterocycles. The molecule has 0 radical (unpaired) electrons. The molecule has 0 unspecified atom stereocenters. The van der Waals surface area contributed by atoms with Gasteiger partial charge in [0.1, 0.15) is 0 Å². The summed E-state index contributed by atoms with van der Waals surface area (Å²) in [5.74, 6) is 0.290. The number of amides is 2. The minimum Gasteiger partial charge on any atom is -0.339 e. The van der Waals surface area contributed by atoms with Crippen LogP contribution in [0.3, 0.4) is 0 Å². The molecule has 27 heavy (non-hydrogen) atoms. The summed E-state index contributed by atoms with van der Waals surface area (Å²) in [7, 11) is 0. The number of anilines is 1. The quantitative estimate of drug-likeness (QED) is 0.760. The predicted octanol–water partition coefficient (Wildman–Crippen LogP) is 4.74. The minimum atomic E-state index is -0.0686. The van der Waals surface area contributed by atoms with Crippen LogP contribution < -0.4 is 5.32 Å². The number of likely N-dealkylation sites (tertiary alicyclic amines) is 1. The molecule has 1 saturated heterocycles. The average molecular weight is 383 g/mol. The van der Waals surface area contributed by atoms with Crippen molar-refractivity contribution in [2.45, 2.75) is 37.5 Å². The van der Waals surface area contributed by atoms with E-state index in [0.29, 0.717) is 5.56 Å². The summed E-state index contributed by atoms with van der Waals surface area (Å²) in [5, 5.41) is 2.90. The first-order valence-electron chi connectivity index (χ1n) is 9.51. The number of nitrogens with one attached hydrogen (secondary N) is 1. The molecule has 2 amide bonds. The van der Waals surface area contributed by atoms with Crippen LogP contribution >= 0.6 is 11.8 Å². The van der Waals surface area contributed by atoms with Crippen molar-refractivity contribution in [3.8, 4) is 0 Å². The molecule has 0 aromatic heterocycles. The number of nitrogens with zero attached hydrogens (tertiary/aromatic N) is 1. The zero-order chi connectivity index (χ0) is 19.1. The second-order valence-electron chi connectivity index (χ2n) is 6.91. The summed E-state index contributed by atoms with van der Waals surface area (Å²) in [6, 6.07) is 15.3. The molecule has 1 aliphatic heterocycles. The fraction of sp³-hybridized carbons (Fsp3) is 0.364. The van der Waals surface area contributed by atoms with Crippen LogP contribution in [0, 0.1) is 6.92 Å². The van der Waals surface area contributed by atoms with Gasteiger partial charge in [-0.3, -0.25) is 9.59 Å². The molecule has 0 saturated carbocycles. The molecular formula is C22H26N2O2S. The highest BCUT2D eigenvalue weighted by Gasteiger charge is 2.20. The Morgan fingerprint density at radius 2 is 1.63 bits per heavy atom. The first-order chi connectivity index (χ1) is 13.1. The van der Waals surface area contributed by atoms with Crippen molar-refractivity contribution in [3.63, 3.8) is 0 Å². The number of benzene rings is 2.